The first kappa shape index (κ1) is 19.4. The van der Waals surface area contributed by atoms with Gasteiger partial charge in [-0.25, -0.2) is 8.42 Å². The lowest BCUT2D eigenvalue weighted by atomic mass is 10.2. The highest BCUT2D eigenvalue weighted by molar-refractivity contribution is 7.92. The summed E-state index contributed by atoms with van der Waals surface area (Å²) in [5, 5.41) is 0. The molecule has 4 rings (SSSR count). The van der Waals surface area contributed by atoms with Crippen LogP contribution in [0.3, 0.4) is 0 Å². The first-order valence-corrected chi connectivity index (χ1v) is 10.8. The number of hydrogen-bond acceptors (Lipinski definition) is 6. The highest BCUT2D eigenvalue weighted by Crippen LogP contribution is 2.29. The average Bonchev–Trinajstić information content (AvgIpc) is 3.07. The number of ether oxygens (including phenoxy) is 1. The summed E-state index contributed by atoms with van der Waals surface area (Å²) in [5.74, 6) is -0.550. The zero-order valence-corrected chi connectivity index (χ0v) is 16.5. The van der Waals surface area contributed by atoms with Gasteiger partial charge >= 0.3 is 0 Å². The number of carbonyl (C=O) groups is 2. The van der Waals surface area contributed by atoms with Crippen molar-refractivity contribution in [1.29, 1.82) is 0 Å². The number of sulfonamides is 1. The molecule has 2 aliphatic rings. The third-order valence-corrected chi connectivity index (χ3v) is 6.34. The van der Waals surface area contributed by atoms with Gasteiger partial charge in [0.05, 0.1) is 35.2 Å². The van der Waals surface area contributed by atoms with Crippen LogP contribution in [0.15, 0.2) is 53.4 Å². The second-order valence-corrected chi connectivity index (χ2v) is 8.52. The van der Waals surface area contributed by atoms with E-state index in [0.717, 1.165) is 10.6 Å². The Hall–Kier alpha value is -2.91. The van der Waals surface area contributed by atoms with Crippen LogP contribution < -0.4 is 14.5 Å². The molecule has 0 atom stereocenters. The number of hydrogen-bond donors (Lipinski definition) is 1. The monoisotopic (exact) mass is 415 g/mol. The van der Waals surface area contributed by atoms with Crippen LogP contribution >= 0.6 is 0 Å². The molecule has 2 fully saturated rings. The Bertz CT molecular complexity index is 1010. The predicted molar refractivity (Wildman–Crippen MR) is 108 cm³/mol. The normalized spacial score (nSPS) is 17.7. The molecule has 2 heterocycles. The summed E-state index contributed by atoms with van der Waals surface area (Å²) in [7, 11) is -3.84. The van der Waals surface area contributed by atoms with E-state index in [1.54, 1.807) is 12.1 Å². The number of nitrogens with one attached hydrogen (secondary N) is 1. The fourth-order valence-corrected chi connectivity index (χ4v) is 4.56. The molecule has 2 aromatic carbocycles. The molecule has 0 bridgehead atoms. The molecule has 2 aliphatic heterocycles. The Morgan fingerprint density at radius 2 is 1.48 bits per heavy atom. The molecule has 0 saturated carbocycles. The zero-order valence-electron chi connectivity index (χ0n) is 15.7. The van der Waals surface area contributed by atoms with Gasteiger partial charge < -0.3 is 9.64 Å². The maximum absolute atomic E-state index is 12.9. The fourth-order valence-electron chi connectivity index (χ4n) is 3.48. The molecule has 29 heavy (non-hydrogen) atoms. The van der Waals surface area contributed by atoms with Crippen molar-refractivity contribution >= 4 is 38.9 Å². The van der Waals surface area contributed by atoms with E-state index in [9.17, 15) is 18.0 Å². The van der Waals surface area contributed by atoms with E-state index in [1.807, 2.05) is 12.1 Å². The molecule has 0 aromatic heterocycles. The minimum Gasteiger partial charge on any atom is -0.378 e. The summed E-state index contributed by atoms with van der Waals surface area (Å²) < 4.78 is 33.8. The van der Waals surface area contributed by atoms with Crippen molar-refractivity contribution in [1.82, 2.24) is 0 Å². The van der Waals surface area contributed by atoms with Gasteiger partial charge in [0.25, 0.3) is 10.0 Å². The van der Waals surface area contributed by atoms with Crippen molar-refractivity contribution in [2.45, 2.75) is 17.7 Å². The van der Waals surface area contributed by atoms with E-state index >= 15 is 0 Å². The number of rotatable bonds is 5. The molecule has 9 heteroatoms. The first-order chi connectivity index (χ1) is 14.0. The van der Waals surface area contributed by atoms with E-state index in [2.05, 4.69) is 9.62 Å². The van der Waals surface area contributed by atoms with Crippen molar-refractivity contribution in [3.8, 4) is 0 Å². The van der Waals surface area contributed by atoms with E-state index in [4.69, 9.17) is 4.74 Å². The lowest BCUT2D eigenvalue weighted by molar-refractivity contribution is -0.121. The number of amides is 2. The van der Waals surface area contributed by atoms with E-state index in [0.29, 0.717) is 37.7 Å². The van der Waals surface area contributed by atoms with Crippen LogP contribution in [0, 0.1) is 0 Å². The van der Waals surface area contributed by atoms with E-state index in [-0.39, 0.29) is 29.6 Å². The van der Waals surface area contributed by atoms with Crippen molar-refractivity contribution in [2.75, 3.05) is 40.8 Å². The molecular weight excluding hydrogens is 394 g/mol. The Kier molecular flexibility index (Phi) is 5.25. The topological polar surface area (TPSA) is 96.0 Å². The number of nitrogens with zero attached hydrogens (tertiary/aromatic N) is 2. The maximum atomic E-state index is 12.9. The van der Waals surface area contributed by atoms with Gasteiger partial charge in [0, 0.05) is 25.9 Å². The summed E-state index contributed by atoms with van der Waals surface area (Å²) in [6, 6.07) is 13.0. The largest absolute Gasteiger partial charge is 0.378 e. The fraction of sp³-hybridized carbons (Fsp3) is 0.300. The Labute approximate surface area is 169 Å². The predicted octanol–water partition coefficient (Wildman–Crippen LogP) is 1.98. The summed E-state index contributed by atoms with van der Waals surface area (Å²) in [5.41, 5.74) is 1.66. The third-order valence-electron chi connectivity index (χ3n) is 4.96. The van der Waals surface area contributed by atoms with Gasteiger partial charge in [0.2, 0.25) is 11.8 Å². The molecule has 0 radical (unpaired) electrons. The number of carbonyl (C=O) groups excluding carboxylic acids is 2. The highest BCUT2D eigenvalue weighted by atomic mass is 32.2. The Balaban J connectivity index is 1.57. The van der Waals surface area contributed by atoms with E-state index in [1.165, 1.54) is 24.3 Å². The molecule has 0 spiro atoms. The molecule has 0 unspecified atom stereocenters. The van der Waals surface area contributed by atoms with Crippen LogP contribution in [-0.2, 0) is 24.3 Å². The number of morpholine rings is 1. The van der Waals surface area contributed by atoms with Gasteiger partial charge in [-0.2, -0.15) is 0 Å². The molecule has 1 N–H and O–H groups in total. The van der Waals surface area contributed by atoms with Crippen LogP contribution in [0.4, 0.5) is 17.1 Å². The molecular formula is C20H21N3O5S. The molecule has 2 amide bonds. The maximum Gasteiger partial charge on any atom is 0.261 e. The SMILES string of the molecule is O=C1CCC(=O)N1c1ccc(S(=O)(=O)Nc2ccccc2N2CCOCC2)cc1. The number of imide groups is 1. The standard InChI is InChI=1S/C20H21N3O5S/c24-19-9-10-20(25)23(19)15-5-7-16(8-6-15)29(26,27)21-17-3-1-2-4-18(17)22-11-13-28-14-12-22/h1-8,21H,9-14H2. The van der Waals surface area contributed by atoms with Crippen molar-refractivity contribution < 1.29 is 22.7 Å². The summed E-state index contributed by atoms with van der Waals surface area (Å²) in [6.07, 6.45) is 0.359. The second-order valence-electron chi connectivity index (χ2n) is 6.84. The Morgan fingerprint density at radius 3 is 2.14 bits per heavy atom. The second kappa shape index (κ2) is 7.84. The smallest absolute Gasteiger partial charge is 0.261 e. The molecule has 2 aromatic rings. The lowest BCUT2D eigenvalue weighted by Crippen LogP contribution is -2.36. The minimum atomic E-state index is -3.84. The van der Waals surface area contributed by atoms with Crippen molar-refractivity contribution in [3.05, 3.63) is 48.5 Å². The molecule has 8 nitrogen and oxygen atoms in total. The summed E-state index contributed by atoms with van der Waals surface area (Å²) in [6.45, 7) is 2.56. The van der Waals surface area contributed by atoms with Crippen LogP contribution in [0.25, 0.3) is 0 Å². The van der Waals surface area contributed by atoms with Gasteiger partial charge in [-0.15, -0.1) is 0 Å². The molecule has 152 valence electrons. The van der Waals surface area contributed by atoms with E-state index < -0.39 is 10.0 Å². The summed E-state index contributed by atoms with van der Waals surface area (Å²) >= 11 is 0. The van der Waals surface area contributed by atoms with Gasteiger partial charge in [-0.3, -0.25) is 19.2 Å². The molecule has 0 aliphatic carbocycles. The van der Waals surface area contributed by atoms with Gasteiger partial charge in [0.15, 0.2) is 0 Å². The minimum absolute atomic E-state index is 0.0529. The Morgan fingerprint density at radius 1 is 0.862 bits per heavy atom. The number of para-hydroxylation sites is 2. The average molecular weight is 415 g/mol. The third kappa shape index (κ3) is 3.96. The summed E-state index contributed by atoms with van der Waals surface area (Å²) in [4.78, 5) is 26.9. The lowest BCUT2D eigenvalue weighted by Gasteiger charge is -2.30. The van der Waals surface area contributed by atoms with Crippen LogP contribution in [-0.4, -0.2) is 46.5 Å². The van der Waals surface area contributed by atoms with Crippen LogP contribution in [0.1, 0.15) is 12.8 Å². The van der Waals surface area contributed by atoms with Gasteiger partial charge in [-0.1, -0.05) is 12.1 Å². The van der Waals surface area contributed by atoms with Crippen molar-refractivity contribution in [2.24, 2.45) is 0 Å². The van der Waals surface area contributed by atoms with Crippen LogP contribution in [0.2, 0.25) is 0 Å². The van der Waals surface area contributed by atoms with Crippen molar-refractivity contribution in [3.63, 3.8) is 0 Å². The van der Waals surface area contributed by atoms with Crippen LogP contribution in [0.5, 0.6) is 0 Å². The van der Waals surface area contributed by atoms with Gasteiger partial charge in [0.1, 0.15) is 0 Å². The molecule has 2 saturated heterocycles. The number of anilines is 3. The van der Waals surface area contributed by atoms with Gasteiger partial charge in [-0.05, 0) is 36.4 Å². The highest BCUT2D eigenvalue weighted by Gasteiger charge is 2.30. The zero-order chi connectivity index (χ0) is 20.4. The first-order valence-electron chi connectivity index (χ1n) is 9.36. The quantitative estimate of drug-likeness (QED) is 0.751. The number of benzene rings is 2.